The number of carbonyl (C=O) groups is 6. The monoisotopic (exact) mass is 674 g/mol. The molecule has 260 valence electrons. The Balaban J connectivity index is 4.70. The third-order valence-electron chi connectivity index (χ3n) is 6.99. The van der Waals surface area contributed by atoms with Gasteiger partial charge in [-0.15, -0.1) is 0 Å². The summed E-state index contributed by atoms with van der Waals surface area (Å²) in [6.45, 7) is 12.4. The number of hydrogen-bond donors (Lipinski definition) is 6. The molecule has 0 saturated carbocycles. The third-order valence-corrected chi connectivity index (χ3v) is 9.71. The lowest BCUT2D eigenvalue weighted by Crippen LogP contribution is -2.47. The molecule has 0 rings (SSSR count). The van der Waals surface area contributed by atoms with Gasteiger partial charge in [-0.2, -0.15) is 0 Å². The van der Waals surface area contributed by atoms with Crippen LogP contribution < -0.4 is 31.9 Å². The quantitative estimate of drug-likeness (QED) is 0.0331. The van der Waals surface area contributed by atoms with Crippen molar-refractivity contribution in [2.45, 2.75) is 116 Å². The van der Waals surface area contributed by atoms with Crippen LogP contribution in [0.1, 0.15) is 92.9 Å². The molecule has 6 N–H and O–H groups in total. The first-order valence-electron chi connectivity index (χ1n) is 16.1. The fourth-order valence-electron chi connectivity index (χ4n) is 4.77. The van der Waals surface area contributed by atoms with Crippen LogP contribution in [0.25, 0.3) is 0 Å². The number of amides is 5. The van der Waals surface area contributed by atoms with E-state index in [1.807, 2.05) is 27.7 Å². The maximum Gasteiger partial charge on any atom is 0.239 e. The second-order valence-electron chi connectivity index (χ2n) is 12.1. The molecule has 14 heteroatoms. The predicted molar refractivity (Wildman–Crippen MR) is 183 cm³/mol. The fourth-order valence-corrected chi connectivity index (χ4v) is 6.97. The molecule has 0 aromatic heterocycles. The lowest BCUT2D eigenvalue weighted by atomic mass is 9.91. The Morgan fingerprint density at radius 1 is 0.822 bits per heavy atom. The average molecular weight is 675 g/mol. The topological polar surface area (TPSA) is 175 Å². The van der Waals surface area contributed by atoms with Crippen molar-refractivity contribution in [1.29, 1.82) is 0 Å². The predicted octanol–water partition coefficient (Wildman–Crippen LogP) is 2.52. The molecule has 12 nitrogen and oxygen atoms in total. The van der Waals surface area contributed by atoms with E-state index in [9.17, 15) is 28.8 Å². The Hall–Kier alpha value is -2.32. The number of likely N-dealkylation sites (N-methyl/N-ethyl adjacent to an activating group) is 1. The maximum atomic E-state index is 12.9. The largest absolute Gasteiger partial charge is 0.359 e. The van der Waals surface area contributed by atoms with E-state index in [2.05, 4.69) is 45.7 Å². The van der Waals surface area contributed by atoms with E-state index in [1.165, 1.54) is 21.6 Å². The van der Waals surface area contributed by atoms with Gasteiger partial charge in [0.25, 0.3) is 0 Å². The average Bonchev–Trinajstić information content (AvgIpc) is 2.97. The smallest absolute Gasteiger partial charge is 0.239 e. The van der Waals surface area contributed by atoms with Gasteiger partial charge < -0.3 is 36.7 Å². The number of carbonyl (C=O) groups excluding carboxylic acids is 6. The zero-order valence-corrected chi connectivity index (χ0v) is 29.9. The Bertz CT molecular complexity index is 891. The summed E-state index contributed by atoms with van der Waals surface area (Å²) in [7, 11) is 4.50. The minimum absolute atomic E-state index is 0.123. The zero-order chi connectivity index (χ0) is 34.2. The molecule has 45 heavy (non-hydrogen) atoms. The maximum absolute atomic E-state index is 12.9. The van der Waals surface area contributed by atoms with Crippen LogP contribution in [0.2, 0.25) is 0 Å². The lowest BCUT2D eigenvalue weighted by Gasteiger charge is -2.22. The molecule has 3 unspecified atom stereocenters. The van der Waals surface area contributed by atoms with Crippen molar-refractivity contribution >= 4 is 57.9 Å². The van der Waals surface area contributed by atoms with Crippen LogP contribution in [0.4, 0.5) is 0 Å². The third kappa shape index (κ3) is 21.9. The van der Waals surface area contributed by atoms with Crippen molar-refractivity contribution in [1.82, 2.24) is 31.9 Å². The van der Waals surface area contributed by atoms with Crippen LogP contribution in [0.15, 0.2) is 0 Å². The van der Waals surface area contributed by atoms with Gasteiger partial charge in [0.05, 0.1) is 24.0 Å². The summed E-state index contributed by atoms with van der Waals surface area (Å²) >= 11 is 0. The highest BCUT2D eigenvalue weighted by Crippen LogP contribution is 2.26. The molecule has 0 saturated heterocycles. The van der Waals surface area contributed by atoms with Crippen molar-refractivity contribution in [2.75, 3.05) is 25.9 Å². The highest BCUT2D eigenvalue weighted by Gasteiger charge is 2.22. The van der Waals surface area contributed by atoms with Gasteiger partial charge in [-0.3, -0.25) is 24.0 Å². The Kier molecular flexibility index (Phi) is 24.5. The van der Waals surface area contributed by atoms with Crippen LogP contribution in [0, 0.1) is 17.8 Å². The fraction of sp³-hybridized carbons (Fsp3) is 0.806. The van der Waals surface area contributed by atoms with E-state index >= 15 is 0 Å². The molecule has 0 radical (unpaired) electrons. The zero-order valence-electron chi connectivity index (χ0n) is 28.2. The second kappa shape index (κ2) is 25.8. The summed E-state index contributed by atoms with van der Waals surface area (Å²) in [5.41, 5.74) is 0. The first-order valence-corrected chi connectivity index (χ1v) is 18.5. The van der Waals surface area contributed by atoms with Crippen molar-refractivity contribution in [3.8, 4) is 0 Å². The summed E-state index contributed by atoms with van der Waals surface area (Å²) < 4.78 is 0. The van der Waals surface area contributed by atoms with Gasteiger partial charge >= 0.3 is 0 Å². The first kappa shape index (κ1) is 42.7. The molecule has 0 aromatic carbocycles. The standard InChI is InChI=1S/C31H58N6O6S2/c1-8-27(32-7)31(43)37-26(18-38)19-44-45-23(6)35-28(40)13-12-25(16-22(4)5)36-29(41)17-34-30(42)24(15-21(2)3)11-9-10-14-33-20-39/h18,20-27,32H,8-17,19H2,1-7H3,(H,33,39)(H,34,42)(H,35,40)(H,36,41)(H,37,43)/t23-,24?,25?,26+,27?/m0/s1. The van der Waals surface area contributed by atoms with Crippen LogP contribution in [0.5, 0.6) is 0 Å². The van der Waals surface area contributed by atoms with Crippen molar-refractivity contribution in [3.63, 3.8) is 0 Å². The molecule has 0 aliphatic carbocycles. The summed E-state index contributed by atoms with van der Waals surface area (Å²) in [4.78, 5) is 72.3. The summed E-state index contributed by atoms with van der Waals surface area (Å²) in [5, 5.41) is 16.8. The minimum Gasteiger partial charge on any atom is -0.359 e. The second-order valence-corrected chi connectivity index (χ2v) is 14.9. The molecule has 0 bridgehead atoms. The van der Waals surface area contributed by atoms with Crippen molar-refractivity contribution in [3.05, 3.63) is 0 Å². The minimum atomic E-state index is -0.622. The van der Waals surface area contributed by atoms with Gasteiger partial charge in [-0.05, 0) is 64.3 Å². The molecule has 5 amide bonds. The summed E-state index contributed by atoms with van der Waals surface area (Å²) in [6, 6.07) is -1.19. The van der Waals surface area contributed by atoms with Gasteiger partial charge in [0, 0.05) is 30.7 Å². The molecule has 0 aliphatic heterocycles. The van der Waals surface area contributed by atoms with Gasteiger partial charge in [-0.1, -0.05) is 62.6 Å². The van der Waals surface area contributed by atoms with Crippen molar-refractivity contribution in [2.24, 2.45) is 17.8 Å². The van der Waals surface area contributed by atoms with Gasteiger partial charge in [0.2, 0.25) is 30.0 Å². The van der Waals surface area contributed by atoms with E-state index in [0.717, 1.165) is 19.3 Å². The number of rotatable bonds is 27. The first-order chi connectivity index (χ1) is 21.4. The normalized spacial score (nSPS) is 14.5. The summed E-state index contributed by atoms with van der Waals surface area (Å²) in [6.07, 6.45) is 6.39. The Morgan fingerprint density at radius 2 is 1.51 bits per heavy atom. The van der Waals surface area contributed by atoms with Gasteiger partial charge in [0.15, 0.2) is 0 Å². The Labute approximate surface area is 278 Å². The molecule has 0 fully saturated rings. The molecule has 0 spiro atoms. The number of hydrogen-bond acceptors (Lipinski definition) is 9. The molecule has 0 aromatic rings. The highest BCUT2D eigenvalue weighted by atomic mass is 33.1. The van der Waals surface area contributed by atoms with Gasteiger partial charge in [-0.25, -0.2) is 0 Å². The van der Waals surface area contributed by atoms with Crippen LogP contribution >= 0.6 is 21.6 Å². The van der Waals surface area contributed by atoms with Gasteiger partial charge in [0.1, 0.15) is 6.29 Å². The van der Waals surface area contributed by atoms with E-state index < -0.39 is 6.04 Å². The Morgan fingerprint density at radius 3 is 2.09 bits per heavy atom. The highest BCUT2D eigenvalue weighted by molar-refractivity contribution is 8.76. The molecule has 0 heterocycles. The number of aldehydes is 1. The number of nitrogens with one attached hydrogen (secondary N) is 6. The van der Waals surface area contributed by atoms with E-state index in [0.29, 0.717) is 62.5 Å². The SMILES string of the molecule is CCC(NC)C(=O)N[C@H](C=O)CSS[C@@H](C)NC(=O)CCC(CC(C)C)NC(=O)CNC(=O)C(CCCCNC=O)CC(C)C. The van der Waals surface area contributed by atoms with Crippen LogP contribution in [-0.4, -0.2) is 85.7 Å². The molecule has 0 aliphatic rings. The molecule has 5 atom stereocenters. The van der Waals surface area contributed by atoms with Crippen molar-refractivity contribution < 1.29 is 28.8 Å². The molecular formula is C31H58N6O6S2. The van der Waals surface area contributed by atoms with E-state index in [4.69, 9.17) is 0 Å². The lowest BCUT2D eigenvalue weighted by molar-refractivity contribution is -0.129. The number of unbranched alkanes of at least 4 members (excludes halogenated alkanes) is 1. The van der Waals surface area contributed by atoms with E-state index in [-0.39, 0.29) is 60.0 Å². The molecular weight excluding hydrogens is 617 g/mol. The van der Waals surface area contributed by atoms with Crippen LogP contribution in [-0.2, 0) is 28.8 Å². The summed E-state index contributed by atoms with van der Waals surface area (Å²) in [5.74, 6) is 0.0134. The van der Waals surface area contributed by atoms with E-state index in [1.54, 1.807) is 7.05 Å². The van der Waals surface area contributed by atoms with Crippen LogP contribution in [0.3, 0.4) is 0 Å².